The fourth-order valence-electron chi connectivity index (χ4n) is 1.43. The van der Waals surface area contributed by atoms with Crippen molar-refractivity contribution in [3.8, 4) is 0 Å². The number of carbonyl (C=O) groups is 1. The lowest BCUT2D eigenvalue weighted by Crippen LogP contribution is -2.36. The summed E-state index contributed by atoms with van der Waals surface area (Å²) in [6, 6.07) is 0. The summed E-state index contributed by atoms with van der Waals surface area (Å²) < 4.78 is 4.79. The SMILES string of the molecule is CCCCCCN(CCO)C(=O)COC. The van der Waals surface area contributed by atoms with Crippen molar-refractivity contribution < 1.29 is 14.6 Å². The molecule has 0 bridgehead atoms. The molecule has 0 radical (unpaired) electrons. The molecule has 0 aliphatic heterocycles. The zero-order valence-electron chi connectivity index (χ0n) is 9.87. The van der Waals surface area contributed by atoms with Gasteiger partial charge in [0.25, 0.3) is 0 Å². The lowest BCUT2D eigenvalue weighted by Gasteiger charge is -2.21. The van der Waals surface area contributed by atoms with Crippen molar-refractivity contribution in [1.82, 2.24) is 4.90 Å². The minimum atomic E-state index is -0.0388. The van der Waals surface area contributed by atoms with Crippen LogP contribution in [0.25, 0.3) is 0 Å². The predicted octanol–water partition coefficient (Wildman–Crippen LogP) is 1.03. The first kappa shape index (κ1) is 14.4. The Bertz CT molecular complexity index is 162. The van der Waals surface area contributed by atoms with Crippen LogP contribution >= 0.6 is 0 Å². The Kier molecular flexibility index (Phi) is 9.52. The molecule has 90 valence electrons. The molecule has 1 N–H and O–H groups in total. The van der Waals surface area contributed by atoms with Crippen LogP contribution in [0.15, 0.2) is 0 Å². The zero-order valence-corrected chi connectivity index (χ0v) is 9.87. The van der Waals surface area contributed by atoms with Gasteiger partial charge in [-0.15, -0.1) is 0 Å². The summed E-state index contributed by atoms with van der Waals surface area (Å²) in [6.07, 6.45) is 4.53. The molecular weight excluding hydrogens is 194 g/mol. The maximum Gasteiger partial charge on any atom is 0.248 e. The largest absolute Gasteiger partial charge is 0.395 e. The summed E-state index contributed by atoms with van der Waals surface area (Å²) in [5.41, 5.74) is 0. The summed E-state index contributed by atoms with van der Waals surface area (Å²) in [4.78, 5) is 13.2. The van der Waals surface area contributed by atoms with Gasteiger partial charge in [-0.3, -0.25) is 4.79 Å². The van der Waals surface area contributed by atoms with E-state index < -0.39 is 0 Å². The lowest BCUT2D eigenvalue weighted by atomic mass is 10.2. The summed E-state index contributed by atoms with van der Waals surface area (Å²) >= 11 is 0. The molecule has 15 heavy (non-hydrogen) atoms. The summed E-state index contributed by atoms with van der Waals surface area (Å²) in [5.74, 6) is -0.0388. The molecule has 4 nitrogen and oxygen atoms in total. The van der Waals surface area contributed by atoms with Gasteiger partial charge in [0.15, 0.2) is 0 Å². The summed E-state index contributed by atoms with van der Waals surface area (Å²) in [6.45, 7) is 3.41. The second kappa shape index (κ2) is 9.93. The fourth-order valence-corrected chi connectivity index (χ4v) is 1.43. The van der Waals surface area contributed by atoms with Crippen LogP contribution < -0.4 is 0 Å². The van der Waals surface area contributed by atoms with E-state index in [4.69, 9.17) is 9.84 Å². The number of aliphatic hydroxyl groups excluding tert-OH is 1. The molecule has 0 fully saturated rings. The average molecular weight is 217 g/mol. The molecule has 0 saturated carbocycles. The topological polar surface area (TPSA) is 49.8 Å². The van der Waals surface area contributed by atoms with E-state index in [1.54, 1.807) is 4.90 Å². The van der Waals surface area contributed by atoms with Crippen LogP contribution in [0.4, 0.5) is 0 Å². The Balaban J connectivity index is 3.76. The first-order valence-electron chi connectivity index (χ1n) is 5.63. The highest BCUT2D eigenvalue weighted by Crippen LogP contribution is 2.01. The zero-order chi connectivity index (χ0) is 11.5. The number of aliphatic hydroxyl groups is 1. The molecule has 0 aliphatic rings. The van der Waals surface area contributed by atoms with Crippen LogP contribution in [-0.2, 0) is 9.53 Å². The minimum absolute atomic E-state index is 0.0171. The van der Waals surface area contributed by atoms with Crippen molar-refractivity contribution in [2.24, 2.45) is 0 Å². The number of ether oxygens (including phenoxy) is 1. The Labute approximate surface area is 92.2 Å². The van der Waals surface area contributed by atoms with Gasteiger partial charge in [-0.2, -0.15) is 0 Å². The first-order chi connectivity index (χ1) is 7.26. The van der Waals surface area contributed by atoms with Gasteiger partial charge in [0, 0.05) is 20.2 Å². The van der Waals surface area contributed by atoms with Crippen molar-refractivity contribution in [2.45, 2.75) is 32.6 Å². The average Bonchev–Trinajstić information content (AvgIpc) is 2.23. The van der Waals surface area contributed by atoms with Gasteiger partial charge < -0.3 is 14.7 Å². The van der Waals surface area contributed by atoms with Crippen LogP contribution in [0.5, 0.6) is 0 Å². The summed E-state index contributed by atoms with van der Waals surface area (Å²) in [5, 5.41) is 8.82. The molecule has 0 aliphatic carbocycles. The fraction of sp³-hybridized carbons (Fsp3) is 0.909. The monoisotopic (exact) mass is 217 g/mol. The maximum atomic E-state index is 11.5. The number of carbonyl (C=O) groups excluding carboxylic acids is 1. The number of methoxy groups -OCH3 is 1. The molecule has 0 aromatic carbocycles. The standard InChI is InChI=1S/C11H23NO3/c1-3-4-5-6-7-12(8-9-13)11(14)10-15-2/h13H,3-10H2,1-2H3. The molecule has 4 heteroatoms. The third-order valence-electron chi connectivity index (χ3n) is 2.27. The molecular formula is C11H23NO3. The number of unbranched alkanes of at least 4 members (excludes halogenated alkanes) is 3. The van der Waals surface area contributed by atoms with Crippen molar-refractivity contribution in [3.63, 3.8) is 0 Å². The highest BCUT2D eigenvalue weighted by molar-refractivity contribution is 5.77. The van der Waals surface area contributed by atoms with Crippen molar-refractivity contribution in [2.75, 3.05) is 33.4 Å². The first-order valence-corrected chi connectivity index (χ1v) is 5.63. The van der Waals surface area contributed by atoms with E-state index in [1.165, 1.54) is 20.0 Å². The highest BCUT2D eigenvalue weighted by Gasteiger charge is 2.11. The van der Waals surface area contributed by atoms with Crippen LogP contribution in [0.1, 0.15) is 32.6 Å². The predicted molar refractivity (Wildman–Crippen MR) is 59.7 cm³/mol. The number of hydrogen-bond donors (Lipinski definition) is 1. The van der Waals surface area contributed by atoms with Crippen molar-refractivity contribution >= 4 is 5.91 Å². The maximum absolute atomic E-state index is 11.5. The van der Waals surface area contributed by atoms with E-state index in [9.17, 15) is 4.79 Å². The van der Waals surface area contributed by atoms with Gasteiger partial charge in [-0.1, -0.05) is 26.2 Å². The van der Waals surface area contributed by atoms with Gasteiger partial charge in [0.2, 0.25) is 5.91 Å². The van der Waals surface area contributed by atoms with Gasteiger partial charge in [0.1, 0.15) is 6.61 Å². The summed E-state index contributed by atoms with van der Waals surface area (Å²) in [7, 11) is 1.51. The third kappa shape index (κ3) is 7.33. The number of rotatable bonds is 9. The molecule has 0 aromatic heterocycles. The van der Waals surface area contributed by atoms with E-state index >= 15 is 0 Å². The van der Waals surface area contributed by atoms with Crippen molar-refractivity contribution in [1.29, 1.82) is 0 Å². The molecule has 0 saturated heterocycles. The molecule has 0 spiro atoms. The van der Waals surface area contributed by atoms with Gasteiger partial charge in [-0.25, -0.2) is 0 Å². The van der Waals surface area contributed by atoms with E-state index in [0.29, 0.717) is 6.54 Å². The van der Waals surface area contributed by atoms with E-state index in [0.717, 1.165) is 19.4 Å². The quantitative estimate of drug-likeness (QED) is 0.587. The Hall–Kier alpha value is -0.610. The van der Waals surface area contributed by atoms with Crippen molar-refractivity contribution in [3.05, 3.63) is 0 Å². The van der Waals surface area contributed by atoms with Crippen LogP contribution in [0.3, 0.4) is 0 Å². The Morgan fingerprint density at radius 1 is 1.27 bits per heavy atom. The lowest BCUT2D eigenvalue weighted by molar-refractivity contribution is -0.135. The number of hydrogen-bond acceptors (Lipinski definition) is 3. The van der Waals surface area contributed by atoms with E-state index in [-0.39, 0.29) is 19.1 Å². The molecule has 1 amide bonds. The van der Waals surface area contributed by atoms with Crippen LogP contribution in [0, 0.1) is 0 Å². The number of amides is 1. The molecule has 0 heterocycles. The van der Waals surface area contributed by atoms with Crippen LogP contribution in [0.2, 0.25) is 0 Å². The van der Waals surface area contributed by atoms with Gasteiger partial charge in [-0.05, 0) is 6.42 Å². The minimum Gasteiger partial charge on any atom is -0.395 e. The van der Waals surface area contributed by atoms with E-state index in [2.05, 4.69) is 6.92 Å². The number of nitrogens with zero attached hydrogens (tertiary/aromatic N) is 1. The normalized spacial score (nSPS) is 10.3. The van der Waals surface area contributed by atoms with Crippen LogP contribution in [-0.4, -0.2) is 49.3 Å². The van der Waals surface area contributed by atoms with Gasteiger partial charge >= 0.3 is 0 Å². The highest BCUT2D eigenvalue weighted by atomic mass is 16.5. The Morgan fingerprint density at radius 3 is 2.53 bits per heavy atom. The second-order valence-corrected chi connectivity index (χ2v) is 3.60. The third-order valence-corrected chi connectivity index (χ3v) is 2.27. The smallest absolute Gasteiger partial charge is 0.248 e. The Morgan fingerprint density at radius 2 is 2.00 bits per heavy atom. The molecule has 0 rings (SSSR count). The second-order valence-electron chi connectivity index (χ2n) is 3.60. The van der Waals surface area contributed by atoms with E-state index in [1.807, 2.05) is 0 Å². The molecule has 0 atom stereocenters. The molecule has 0 unspecified atom stereocenters. The molecule has 0 aromatic rings. The van der Waals surface area contributed by atoms with Gasteiger partial charge in [0.05, 0.1) is 6.61 Å².